The summed E-state index contributed by atoms with van der Waals surface area (Å²) in [5.41, 5.74) is 6.57. The summed E-state index contributed by atoms with van der Waals surface area (Å²) >= 11 is 0. The second kappa shape index (κ2) is 6.24. The highest BCUT2D eigenvalue weighted by Gasteiger charge is 2.30. The van der Waals surface area contributed by atoms with Crippen molar-refractivity contribution in [1.82, 2.24) is 5.32 Å². The number of ether oxygens (including phenoxy) is 1. The molecule has 1 aromatic carbocycles. The van der Waals surface area contributed by atoms with E-state index in [2.05, 4.69) is 5.32 Å². The van der Waals surface area contributed by atoms with Crippen LogP contribution in [0.4, 0.5) is 0 Å². The van der Waals surface area contributed by atoms with Gasteiger partial charge < -0.3 is 20.9 Å². The molecule has 5 nitrogen and oxygen atoms in total. The van der Waals surface area contributed by atoms with Gasteiger partial charge in [0.15, 0.2) is 0 Å². The average Bonchev–Trinajstić information content (AvgIpc) is 2.86. The van der Waals surface area contributed by atoms with Crippen LogP contribution in [0.1, 0.15) is 25.3 Å². The average molecular weight is 278 g/mol. The van der Waals surface area contributed by atoms with Gasteiger partial charge in [0.25, 0.3) is 0 Å². The second-order valence-electron chi connectivity index (χ2n) is 5.60. The molecule has 2 atom stereocenters. The van der Waals surface area contributed by atoms with E-state index in [9.17, 15) is 9.90 Å². The van der Waals surface area contributed by atoms with Gasteiger partial charge >= 0.3 is 0 Å². The summed E-state index contributed by atoms with van der Waals surface area (Å²) in [5, 5.41) is 12.1. The Morgan fingerprint density at radius 2 is 2.20 bits per heavy atom. The molecule has 0 spiro atoms. The number of aromatic hydroxyl groups is 1. The standard InChI is InChI=1S/C15H22N2O3/c1-15(7-2-8-20-15)10-17-14(19)13(16)9-11-3-5-12(18)6-4-11/h3-6,13,18H,2,7-10,16H2,1H3,(H,17,19)/t13-,15?/m1/s1. The largest absolute Gasteiger partial charge is 0.508 e. The quantitative estimate of drug-likeness (QED) is 0.748. The maximum Gasteiger partial charge on any atom is 0.237 e. The van der Waals surface area contributed by atoms with E-state index in [0.29, 0.717) is 13.0 Å². The number of benzene rings is 1. The summed E-state index contributed by atoms with van der Waals surface area (Å²) < 4.78 is 5.62. The van der Waals surface area contributed by atoms with Gasteiger partial charge in [-0.15, -0.1) is 0 Å². The molecule has 0 aromatic heterocycles. The zero-order valence-electron chi connectivity index (χ0n) is 11.8. The van der Waals surface area contributed by atoms with Crippen molar-refractivity contribution in [2.45, 2.75) is 37.8 Å². The highest BCUT2D eigenvalue weighted by atomic mass is 16.5. The fraction of sp³-hybridized carbons (Fsp3) is 0.533. The predicted molar refractivity (Wildman–Crippen MR) is 76.4 cm³/mol. The topological polar surface area (TPSA) is 84.6 Å². The van der Waals surface area contributed by atoms with Crippen molar-refractivity contribution < 1.29 is 14.6 Å². The van der Waals surface area contributed by atoms with E-state index in [1.807, 2.05) is 6.92 Å². The molecule has 1 aliphatic heterocycles. The van der Waals surface area contributed by atoms with Gasteiger partial charge in [-0.1, -0.05) is 12.1 Å². The molecule has 110 valence electrons. The number of phenolic OH excluding ortho intramolecular Hbond substituents is 1. The first-order valence-corrected chi connectivity index (χ1v) is 6.94. The molecule has 1 aliphatic rings. The minimum Gasteiger partial charge on any atom is -0.508 e. The zero-order valence-corrected chi connectivity index (χ0v) is 11.8. The molecule has 1 unspecified atom stereocenters. The lowest BCUT2D eigenvalue weighted by molar-refractivity contribution is -0.123. The number of rotatable bonds is 5. The second-order valence-corrected chi connectivity index (χ2v) is 5.60. The lowest BCUT2D eigenvalue weighted by Crippen LogP contribution is -2.47. The fourth-order valence-electron chi connectivity index (χ4n) is 2.36. The first kappa shape index (κ1) is 14.8. The summed E-state index contributed by atoms with van der Waals surface area (Å²) in [6.45, 7) is 3.26. The number of hydrogen-bond donors (Lipinski definition) is 3. The first-order valence-electron chi connectivity index (χ1n) is 6.94. The summed E-state index contributed by atoms with van der Waals surface area (Å²) in [6, 6.07) is 6.12. The highest BCUT2D eigenvalue weighted by Crippen LogP contribution is 2.23. The Kier molecular flexibility index (Phi) is 4.62. The number of hydrogen-bond acceptors (Lipinski definition) is 4. The third kappa shape index (κ3) is 3.95. The summed E-state index contributed by atoms with van der Waals surface area (Å²) in [4.78, 5) is 12.0. The highest BCUT2D eigenvalue weighted by molar-refractivity contribution is 5.81. The van der Waals surface area contributed by atoms with E-state index in [1.54, 1.807) is 24.3 Å². The Labute approximate surface area is 119 Å². The smallest absolute Gasteiger partial charge is 0.237 e. The van der Waals surface area contributed by atoms with Crippen LogP contribution in [0.3, 0.4) is 0 Å². The summed E-state index contributed by atoms with van der Waals surface area (Å²) in [6.07, 6.45) is 2.44. The Morgan fingerprint density at radius 1 is 1.50 bits per heavy atom. The van der Waals surface area contributed by atoms with Crippen LogP contribution in [0.5, 0.6) is 5.75 Å². The molecule has 1 aromatic rings. The van der Waals surface area contributed by atoms with Crippen molar-refractivity contribution in [1.29, 1.82) is 0 Å². The van der Waals surface area contributed by atoms with E-state index in [-0.39, 0.29) is 17.3 Å². The zero-order chi connectivity index (χ0) is 14.6. The molecular formula is C15H22N2O3. The number of amides is 1. The summed E-state index contributed by atoms with van der Waals surface area (Å²) in [7, 11) is 0. The van der Waals surface area contributed by atoms with Gasteiger partial charge in [0.1, 0.15) is 5.75 Å². The Morgan fingerprint density at radius 3 is 2.80 bits per heavy atom. The first-order chi connectivity index (χ1) is 9.48. The van der Waals surface area contributed by atoms with Crippen LogP contribution < -0.4 is 11.1 Å². The minimum atomic E-state index is -0.593. The van der Waals surface area contributed by atoms with Crippen LogP contribution in [0, 0.1) is 0 Å². The van der Waals surface area contributed by atoms with Gasteiger partial charge in [-0.3, -0.25) is 4.79 Å². The maximum atomic E-state index is 12.0. The lowest BCUT2D eigenvalue weighted by atomic mass is 10.0. The van der Waals surface area contributed by atoms with Gasteiger partial charge in [-0.25, -0.2) is 0 Å². The molecule has 2 rings (SSSR count). The monoisotopic (exact) mass is 278 g/mol. The van der Waals surface area contributed by atoms with Gasteiger partial charge in [-0.05, 0) is 43.9 Å². The Bertz CT molecular complexity index is 453. The molecule has 0 bridgehead atoms. The molecule has 1 amide bonds. The number of carbonyl (C=O) groups is 1. The van der Waals surface area contributed by atoms with Crippen molar-refractivity contribution in [2.75, 3.05) is 13.2 Å². The van der Waals surface area contributed by atoms with E-state index in [0.717, 1.165) is 25.0 Å². The molecule has 20 heavy (non-hydrogen) atoms. The van der Waals surface area contributed by atoms with Gasteiger partial charge in [0.05, 0.1) is 11.6 Å². The molecule has 0 aliphatic carbocycles. The van der Waals surface area contributed by atoms with E-state index < -0.39 is 6.04 Å². The molecular weight excluding hydrogens is 256 g/mol. The van der Waals surface area contributed by atoms with Crippen LogP contribution in [0.15, 0.2) is 24.3 Å². The number of nitrogens with one attached hydrogen (secondary N) is 1. The van der Waals surface area contributed by atoms with Crippen LogP contribution >= 0.6 is 0 Å². The van der Waals surface area contributed by atoms with Crippen LogP contribution in [-0.4, -0.2) is 35.8 Å². The Hall–Kier alpha value is -1.59. The van der Waals surface area contributed by atoms with Gasteiger partial charge in [0, 0.05) is 13.2 Å². The third-order valence-electron chi connectivity index (χ3n) is 3.67. The predicted octanol–water partition coefficient (Wildman–Crippen LogP) is 0.947. The number of phenols is 1. The molecule has 4 N–H and O–H groups in total. The third-order valence-corrected chi connectivity index (χ3v) is 3.67. The van der Waals surface area contributed by atoms with Gasteiger partial charge in [-0.2, -0.15) is 0 Å². The van der Waals surface area contributed by atoms with Crippen molar-refractivity contribution >= 4 is 5.91 Å². The van der Waals surface area contributed by atoms with E-state index >= 15 is 0 Å². The SMILES string of the molecule is CC1(CNC(=O)[C@H](N)Cc2ccc(O)cc2)CCCO1. The van der Waals surface area contributed by atoms with Gasteiger partial charge in [0.2, 0.25) is 5.91 Å². The number of carbonyl (C=O) groups excluding carboxylic acids is 1. The van der Waals surface area contributed by atoms with Crippen LogP contribution in [-0.2, 0) is 16.0 Å². The van der Waals surface area contributed by atoms with Crippen LogP contribution in [0.25, 0.3) is 0 Å². The number of nitrogens with two attached hydrogens (primary N) is 1. The summed E-state index contributed by atoms with van der Waals surface area (Å²) in [5.74, 6) is 0.0351. The van der Waals surface area contributed by atoms with E-state index in [1.165, 1.54) is 0 Å². The molecule has 0 radical (unpaired) electrons. The van der Waals surface area contributed by atoms with Crippen molar-refractivity contribution in [3.8, 4) is 5.75 Å². The van der Waals surface area contributed by atoms with Crippen LogP contribution in [0.2, 0.25) is 0 Å². The molecule has 5 heteroatoms. The van der Waals surface area contributed by atoms with E-state index in [4.69, 9.17) is 10.5 Å². The molecule has 1 fully saturated rings. The molecule has 0 saturated carbocycles. The molecule has 1 heterocycles. The lowest BCUT2D eigenvalue weighted by Gasteiger charge is -2.24. The maximum absolute atomic E-state index is 12.0. The minimum absolute atomic E-state index is 0.171. The van der Waals surface area contributed by atoms with Crippen molar-refractivity contribution in [3.63, 3.8) is 0 Å². The normalized spacial score (nSPS) is 23.5. The van der Waals surface area contributed by atoms with Crippen molar-refractivity contribution in [2.24, 2.45) is 5.73 Å². The Balaban J connectivity index is 1.81. The molecule has 1 saturated heterocycles. The fourth-order valence-corrected chi connectivity index (χ4v) is 2.36. The van der Waals surface area contributed by atoms with Crippen molar-refractivity contribution in [3.05, 3.63) is 29.8 Å².